The van der Waals surface area contributed by atoms with Crippen molar-refractivity contribution in [3.05, 3.63) is 34.7 Å². The van der Waals surface area contributed by atoms with Gasteiger partial charge >= 0.3 is 18.1 Å². The molecule has 0 aliphatic heterocycles. The highest BCUT2D eigenvalue weighted by Gasteiger charge is 2.38. The Balaban J connectivity index is 2.35. The van der Waals surface area contributed by atoms with Gasteiger partial charge in [0.05, 0.1) is 0 Å². The molecule has 2 rings (SSSR count). The lowest BCUT2D eigenvalue weighted by atomic mass is 10.1. The summed E-state index contributed by atoms with van der Waals surface area (Å²) >= 11 is 0.959. The second-order valence-corrected chi connectivity index (χ2v) is 4.94. The van der Waals surface area contributed by atoms with Crippen LogP contribution < -0.4 is 5.32 Å². The molecule has 0 saturated carbocycles. The fourth-order valence-electron chi connectivity index (χ4n) is 1.72. The number of nitrogens with one attached hydrogen (secondary N) is 1. The number of carboxylic acid groups (broad SMARTS) is 1. The van der Waals surface area contributed by atoms with Gasteiger partial charge in [0.1, 0.15) is 4.88 Å². The summed E-state index contributed by atoms with van der Waals surface area (Å²) in [7, 11) is 0. The molecule has 1 aromatic heterocycles. The first-order valence-electron chi connectivity index (χ1n) is 5.39. The summed E-state index contributed by atoms with van der Waals surface area (Å²) in [6.07, 6.45) is -4.99. The Morgan fingerprint density at radius 1 is 1.25 bits per heavy atom. The number of amides is 1. The molecular weight excluding hydrogens is 295 g/mol. The maximum Gasteiger partial charge on any atom is 0.471 e. The van der Waals surface area contributed by atoms with Crippen LogP contribution in [0.2, 0.25) is 0 Å². The van der Waals surface area contributed by atoms with E-state index < -0.39 is 24.6 Å². The summed E-state index contributed by atoms with van der Waals surface area (Å²) in [5.41, 5.74) is 0.177. The number of benzene rings is 1. The van der Waals surface area contributed by atoms with Crippen LogP contribution in [0.25, 0.3) is 10.1 Å². The molecule has 8 heteroatoms. The van der Waals surface area contributed by atoms with Crippen LogP contribution in [-0.2, 0) is 11.3 Å². The lowest BCUT2D eigenvalue weighted by molar-refractivity contribution is -0.173. The Hall–Kier alpha value is -2.09. The Kier molecular flexibility index (Phi) is 3.67. The van der Waals surface area contributed by atoms with Gasteiger partial charge in [-0.2, -0.15) is 13.2 Å². The topological polar surface area (TPSA) is 66.4 Å². The third kappa shape index (κ3) is 2.74. The number of halogens is 3. The first kappa shape index (κ1) is 14.3. The second kappa shape index (κ2) is 5.12. The number of hydrogen-bond donors (Lipinski definition) is 2. The van der Waals surface area contributed by atoms with Gasteiger partial charge in [-0.15, -0.1) is 11.3 Å². The van der Waals surface area contributed by atoms with Gasteiger partial charge in [0.15, 0.2) is 0 Å². The largest absolute Gasteiger partial charge is 0.477 e. The molecule has 0 atom stereocenters. The van der Waals surface area contributed by atoms with Crippen LogP contribution >= 0.6 is 11.3 Å². The zero-order valence-corrected chi connectivity index (χ0v) is 10.6. The number of rotatable bonds is 3. The molecule has 0 aliphatic carbocycles. The minimum atomic E-state index is -4.99. The highest BCUT2D eigenvalue weighted by atomic mass is 32.1. The highest BCUT2D eigenvalue weighted by molar-refractivity contribution is 7.21. The van der Waals surface area contributed by atoms with Crippen molar-refractivity contribution in [3.63, 3.8) is 0 Å². The van der Waals surface area contributed by atoms with Crippen molar-refractivity contribution >= 4 is 33.3 Å². The summed E-state index contributed by atoms with van der Waals surface area (Å²) < 4.78 is 37.0. The highest BCUT2D eigenvalue weighted by Crippen LogP contribution is 2.31. The van der Waals surface area contributed by atoms with Gasteiger partial charge in [0, 0.05) is 16.8 Å². The van der Waals surface area contributed by atoms with Crippen molar-refractivity contribution in [2.24, 2.45) is 0 Å². The van der Waals surface area contributed by atoms with Gasteiger partial charge < -0.3 is 10.4 Å². The number of alkyl halides is 3. The van der Waals surface area contributed by atoms with Crippen LogP contribution in [0.4, 0.5) is 13.2 Å². The van der Waals surface area contributed by atoms with Gasteiger partial charge in [-0.05, 0) is 11.5 Å². The molecule has 0 bridgehead atoms. The summed E-state index contributed by atoms with van der Waals surface area (Å²) in [4.78, 5) is 21.8. The number of carbonyl (C=O) groups is 2. The number of hydrogen-bond acceptors (Lipinski definition) is 3. The number of fused-ring (bicyclic) bond motifs is 1. The minimum absolute atomic E-state index is 0.0753. The molecule has 2 aromatic rings. The van der Waals surface area contributed by atoms with Crippen molar-refractivity contribution in [1.29, 1.82) is 0 Å². The summed E-state index contributed by atoms with van der Waals surface area (Å²) in [6.45, 7) is -0.482. The third-order valence-electron chi connectivity index (χ3n) is 2.58. The summed E-state index contributed by atoms with van der Waals surface area (Å²) in [5.74, 6) is -3.33. The fourth-order valence-corrected chi connectivity index (χ4v) is 2.78. The number of thiophene rings is 1. The van der Waals surface area contributed by atoms with Crippen molar-refractivity contribution in [3.8, 4) is 0 Å². The van der Waals surface area contributed by atoms with E-state index in [-0.39, 0.29) is 10.4 Å². The number of carboxylic acids is 1. The van der Waals surface area contributed by atoms with Crippen LogP contribution in [0.1, 0.15) is 15.2 Å². The second-order valence-electron chi connectivity index (χ2n) is 3.89. The van der Waals surface area contributed by atoms with E-state index >= 15 is 0 Å². The molecule has 1 aromatic carbocycles. The van der Waals surface area contributed by atoms with Crippen LogP contribution in [0.15, 0.2) is 24.3 Å². The van der Waals surface area contributed by atoms with E-state index in [2.05, 4.69) is 0 Å². The van der Waals surface area contributed by atoms with E-state index in [0.29, 0.717) is 10.1 Å². The van der Waals surface area contributed by atoms with Gasteiger partial charge in [-0.3, -0.25) is 4.79 Å². The van der Waals surface area contributed by atoms with Crippen LogP contribution in [0.3, 0.4) is 0 Å². The third-order valence-corrected chi connectivity index (χ3v) is 3.78. The van der Waals surface area contributed by atoms with Gasteiger partial charge in [-0.25, -0.2) is 4.79 Å². The number of aromatic carboxylic acids is 1. The quantitative estimate of drug-likeness (QED) is 0.916. The molecule has 20 heavy (non-hydrogen) atoms. The lowest BCUT2D eigenvalue weighted by Gasteiger charge is -2.08. The normalized spacial score (nSPS) is 11.6. The monoisotopic (exact) mass is 303 g/mol. The van der Waals surface area contributed by atoms with E-state index in [1.54, 1.807) is 29.6 Å². The average molecular weight is 303 g/mol. The fraction of sp³-hybridized carbons (Fsp3) is 0.167. The molecule has 0 spiro atoms. The standard InChI is InChI=1S/C12H8F3NO3S/c13-12(14,15)11(19)16-5-7-6-3-1-2-4-8(6)20-9(7)10(17)18/h1-4H,5H2,(H,16,19)(H,17,18). The molecule has 106 valence electrons. The number of carbonyl (C=O) groups excluding carboxylic acids is 1. The van der Waals surface area contributed by atoms with E-state index in [0.717, 1.165) is 11.3 Å². The van der Waals surface area contributed by atoms with Crippen LogP contribution in [0.5, 0.6) is 0 Å². The van der Waals surface area contributed by atoms with Gasteiger partial charge in [0.25, 0.3) is 0 Å². The molecule has 0 radical (unpaired) electrons. The van der Waals surface area contributed by atoms with Crippen molar-refractivity contribution in [1.82, 2.24) is 5.32 Å². The Morgan fingerprint density at radius 3 is 2.50 bits per heavy atom. The smallest absolute Gasteiger partial charge is 0.471 e. The lowest BCUT2D eigenvalue weighted by Crippen LogP contribution is -2.36. The maximum absolute atomic E-state index is 12.1. The molecule has 4 nitrogen and oxygen atoms in total. The minimum Gasteiger partial charge on any atom is -0.477 e. The molecule has 0 saturated heterocycles. The van der Waals surface area contributed by atoms with Gasteiger partial charge in [0.2, 0.25) is 0 Å². The molecule has 0 fully saturated rings. The summed E-state index contributed by atoms with van der Waals surface area (Å²) in [5, 5.41) is 11.3. The Labute approximate surface area is 114 Å². The van der Waals surface area contributed by atoms with E-state index in [4.69, 9.17) is 5.11 Å². The van der Waals surface area contributed by atoms with Crippen LogP contribution in [0, 0.1) is 0 Å². The molecule has 0 unspecified atom stereocenters. The van der Waals surface area contributed by atoms with Gasteiger partial charge in [-0.1, -0.05) is 18.2 Å². The van der Waals surface area contributed by atoms with E-state index in [1.165, 1.54) is 0 Å². The van der Waals surface area contributed by atoms with E-state index in [9.17, 15) is 22.8 Å². The first-order chi connectivity index (χ1) is 9.30. The maximum atomic E-state index is 12.1. The zero-order valence-electron chi connectivity index (χ0n) is 9.82. The predicted octanol–water partition coefficient (Wildman–Crippen LogP) is 2.78. The van der Waals surface area contributed by atoms with Crippen LogP contribution in [-0.4, -0.2) is 23.2 Å². The molecular formula is C12H8F3NO3S. The molecule has 1 heterocycles. The van der Waals surface area contributed by atoms with Crippen molar-refractivity contribution in [2.45, 2.75) is 12.7 Å². The Bertz CT molecular complexity index is 678. The Morgan fingerprint density at radius 2 is 1.90 bits per heavy atom. The molecule has 0 aliphatic rings. The van der Waals surface area contributed by atoms with E-state index in [1.807, 2.05) is 0 Å². The molecule has 2 N–H and O–H groups in total. The predicted molar refractivity (Wildman–Crippen MR) is 66.7 cm³/mol. The average Bonchev–Trinajstić information content (AvgIpc) is 2.73. The first-order valence-corrected chi connectivity index (χ1v) is 6.21. The van der Waals surface area contributed by atoms with Crippen molar-refractivity contribution < 1.29 is 27.9 Å². The SMILES string of the molecule is O=C(O)c1sc2ccccc2c1CNC(=O)C(F)(F)F. The van der Waals surface area contributed by atoms with Crippen molar-refractivity contribution in [2.75, 3.05) is 0 Å². The molecule has 1 amide bonds. The zero-order chi connectivity index (χ0) is 14.9. The summed E-state index contributed by atoms with van der Waals surface area (Å²) in [6, 6.07) is 6.62.